The summed E-state index contributed by atoms with van der Waals surface area (Å²) in [6.45, 7) is 1.82. The van der Waals surface area contributed by atoms with Gasteiger partial charge >= 0.3 is 0 Å². The Kier molecular flexibility index (Phi) is 3.66. The molecule has 0 aromatic heterocycles. The van der Waals surface area contributed by atoms with Gasteiger partial charge in [-0.3, -0.25) is 0 Å². The van der Waals surface area contributed by atoms with E-state index in [0.717, 1.165) is 5.56 Å². The van der Waals surface area contributed by atoms with Crippen LogP contribution in [0, 0.1) is 16.7 Å². The molecule has 0 bridgehead atoms. The summed E-state index contributed by atoms with van der Waals surface area (Å²) in [5.41, 5.74) is -0.261. The van der Waals surface area contributed by atoms with Crippen molar-refractivity contribution in [1.29, 1.82) is 5.26 Å². The number of nitriles is 1. The molecule has 0 saturated carbocycles. The van der Waals surface area contributed by atoms with Gasteiger partial charge in [-0.1, -0.05) is 37.3 Å². The maximum atomic E-state index is 11.6. The highest BCUT2D eigenvalue weighted by Gasteiger charge is 2.49. The second-order valence-electron chi connectivity index (χ2n) is 5.25. The topological polar surface area (TPSA) is 78.2 Å². The van der Waals surface area contributed by atoms with E-state index in [4.69, 9.17) is 0 Å². The highest BCUT2D eigenvalue weighted by atomic mass is 32.2. The highest BCUT2D eigenvalue weighted by Crippen LogP contribution is 2.40. The fourth-order valence-electron chi connectivity index (χ4n) is 2.68. The first-order chi connectivity index (χ1) is 8.90. The molecule has 1 fully saturated rings. The molecule has 0 radical (unpaired) electrons. The van der Waals surface area contributed by atoms with Crippen molar-refractivity contribution in [3.05, 3.63) is 35.9 Å². The Morgan fingerprint density at radius 3 is 2.47 bits per heavy atom. The van der Waals surface area contributed by atoms with Crippen LogP contribution in [0.15, 0.2) is 30.3 Å². The molecule has 0 aliphatic carbocycles. The van der Waals surface area contributed by atoms with Crippen LogP contribution in [-0.2, 0) is 9.84 Å². The lowest BCUT2D eigenvalue weighted by Crippen LogP contribution is -2.38. The molecule has 4 nitrogen and oxygen atoms in total. The Hall–Kier alpha value is -1.38. The number of benzene rings is 1. The minimum Gasteiger partial charge on any atom is -0.391 e. The number of hydrogen-bond acceptors (Lipinski definition) is 4. The van der Waals surface area contributed by atoms with Crippen molar-refractivity contribution >= 4 is 9.84 Å². The van der Waals surface area contributed by atoms with E-state index >= 15 is 0 Å². The molecule has 1 saturated heterocycles. The molecule has 2 rings (SSSR count). The zero-order chi connectivity index (χ0) is 14.1. The van der Waals surface area contributed by atoms with E-state index in [1.807, 2.05) is 37.3 Å². The molecule has 3 unspecified atom stereocenters. The van der Waals surface area contributed by atoms with Crippen LogP contribution in [0.4, 0.5) is 0 Å². The Bertz CT molecular complexity index is 591. The number of hydrogen-bond donors (Lipinski definition) is 1. The van der Waals surface area contributed by atoms with E-state index in [9.17, 15) is 18.8 Å². The third-order valence-electron chi connectivity index (χ3n) is 3.92. The molecule has 5 heteroatoms. The van der Waals surface area contributed by atoms with Crippen LogP contribution in [0.5, 0.6) is 0 Å². The number of nitrogens with zero attached hydrogens (tertiary/aromatic N) is 1. The van der Waals surface area contributed by atoms with Crippen LogP contribution in [0.2, 0.25) is 0 Å². The number of sulfone groups is 1. The van der Waals surface area contributed by atoms with E-state index in [2.05, 4.69) is 6.07 Å². The average Bonchev–Trinajstić information content (AvgIpc) is 2.75. The summed E-state index contributed by atoms with van der Waals surface area (Å²) >= 11 is 0. The van der Waals surface area contributed by atoms with Crippen LogP contribution >= 0.6 is 0 Å². The molecule has 1 aromatic carbocycles. The molecule has 19 heavy (non-hydrogen) atoms. The lowest BCUT2D eigenvalue weighted by Gasteiger charge is -2.30. The van der Waals surface area contributed by atoms with Gasteiger partial charge in [0.05, 0.1) is 29.1 Å². The van der Waals surface area contributed by atoms with Crippen LogP contribution in [0.25, 0.3) is 0 Å². The molecule has 3 atom stereocenters. The third-order valence-corrected chi connectivity index (χ3v) is 5.71. The lowest BCUT2D eigenvalue weighted by atomic mass is 9.75. The summed E-state index contributed by atoms with van der Waals surface area (Å²) in [7, 11) is -3.21. The first kappa shape index (κ1) is 14.0. The summed E-state index contributed by atoms with van der Waals surface area (Å²) < 4.78 is 23.2. The van der Waals surface area contributed by atoms with E-state index in [-0.39, 0.29) is 23.8 Å². The molecular formula is C14H17NO3S. The Morgan fingerprint density at radius 1 is 1.37 bits per heavy atom. The molecule has 1 heterocycles. The maximum absolute atomic E-state index is 11.6. The van der Waals surface area contributed by atoms with Crippen LogP contribution in [0.1, 0.15) is 24.8 Å². The second-order valence-corrected chi connectivity index (χ2v) is 7.44. The zero-order valence-electron chi connectivity index (χ0n) is 10.8. The number of rotatable bonds is 3. The molecule has 1 aromatic rings. The second kappa shape index (κ2) is 4.95. The van der Waals surface area contributed by atoms with Crippen LogP contribution < -0.4 is 0 Å². The Balaban J connectivity index is 2.28. The third kappa shape index (κ3) is 2.65. The van der Waals surface area contributed by atoms with Crippen molar-refractivity contribution in [2.24, 2.45) is 5.41 Å². The number of aliphatic hydroxyl groups excluding tert-OH is 1. The fourth-order valence-corrected chi connectivity index (χ4v) is 4.66. The predicted molar refractivity (Wildman–Crippen MR) is 72.2 cm³/mol. The molecule has 1 N–H and O–H groups in total. The molecule has 0 amide bonds. The normalized spacial score (nSPS) is 28.5. The van der Waals surface area contributed by atoms with Crippen molar-refractivity contribution in [3.8, 4) is 6.07 Å². The van der Waals surface area contributed by atoms with Gasteiger partial charge < -0.3 is 5.11 Å². The van der Waals surface area contributed by atoms with Gasteiger partial charge in [-0.05, 0) is 12.0 Å². The Labute approximate surface area is 113 Å². The first-order valence-electron chi connectivity index (χ1n) is 6.25. The van der Waals surface area contributed by atoms with Crippen molar-refractivity contribution in [2.45, 2.75) is 25.4 Å². The standard InChI is InChI=1S/C14H17NO3S/c1-11(12-5-3-2-4-6-12)13(16)14(9-15)7-8-19(17,18)10-14/h2-6,11,13,16H,7-8,10H2,1H3. The van der Waals surface area contributed by atoms with Gasteiger partial charge in [-0.25, -0.2) is 8.42 Å². The first-order valence-corrected chi connectivity index (χ1v) is 8.07. The predicted octanol–water partition coefficient (Wildman–Crippen LogP) is 1.48. The SMILES string of the molecule is CC(c1ccccc1)C(O)C1(C#N)CCS(=O)(=O)C1. The lowest BCUT2D eigenvalue weighted by molar-refractivity contribution is 0.0588. The summed E-state index contributed by atoms with van der Waals surface area (Å²) in [4.78, 5) is 0. The highest BCUT2D eigenvalue weighted by molar-refractivity contribution is 7.91. The zero-order valence-corrected chi connectivity index (χ0v) is 11.6. The monoisotopic (exact) mass is 279 g/mol. The smallest absolute Gasteiger partial charge is 0.152 e. The molecule has 1 aliphatic rings. The molecular weight excluding hydrogens is 262 g/mol. The average molecular weight is 279 g/mol. The van der Waals surface area contributed by atoms with E-state index < -0.39 is 21.4 Å². The van der Waals surface area contributed by atoms with Crippen molar-refractivity contribution in [1.82, 2.24) is 0 Å². The van der Waals surface area contributed by atoms with Gasteiger partial charge in [-0.15, -0.1) is 0 Å². The Morgan fingerprint density at radius 2 is 2.00 bits per heavy atom. The quantitative estimate of drug-likeness (QED) is 0.909. The van der Waals surface area contributed by atoms with Gasteiger partial charge in [0.15, 0.2) is 9.84 Å². The number of aliphatic hydroxyl groups is 1. The van der Waals surface area contributed by atoms with Crippen LogP contribution in [0.3, 0.4) is 0 Å². The van der Waals surface area contributed by atoms with E-state index in [0.29, 0.717) is 0 Å². The summed E-state index contributed by atoms with van der Waals surface area (Å²) in [6.07, 6.45) is -0.762. The maximum Gasteiger partial charge on any atom is 0.152 e. The summed E-state index contributed by atoms with van der Waals surface area (Å²) in [5.74, 6) is -0.525. The van der Waals surface area contributed by atoms with Gasteiger partial charge in [0.25, 0.3) is 0 Å². The van der Waals surface area contributed by atoms with Gasteiger partial charge in [0, 0.05) is 5.92 Å². The van der Waals surface area contributed by atoms with Crippen molar-refractivity contribution < 1.29 is 13.5 Å². The van der Waals surface area contributed by atoms with E-state index in [1.165, 1.54) is 0 Å². The van der Waals surface area contributed by atoms with Gasteiger partial charge in [-0.2, -0.15) is 5.26 Å². The minimum atomic E-state index is -3.21. The largest absolute Gasteiger partial charge is 0.391 e. The van der Waals surface area contributed by atoms with Gasteiger partial charge in [0.2, 0.25) is 0 Å². The van der Waals surface area contributed by atoms with Crippen LogP contribution in [-0.4, -0.2) is 31.1 Å². The summed E-state index contributed by atoms with van der Waals surface area (Å²) in [5, 5.41) is 19.8. The van der Waals surface area contributed by atoms with E-state index in [1.54, 1.807) is 0 Å². The molecule has 1 aliphatic heterocycles. The van der Waals surface area contributed by atoms with Gasteiger partial charge in [0.1, 0.15) is 0 Å². The fraction of sp³-hybridized carbons (Fsp3) is 0.500. The van der Waals surface area contributed by atoms with Crippen molar-refractivity contribution in [3.63, 3.8) is 0 Å². The summed E-state index contributed by atoms with van der Waals surface area (Å²) in [6, 6.07) is 11.4. The molecule has 102 valence electrons. The minimum absolute atomic E-state index is 0.0148. The van der Waals surface area contributed by atoms with Crippen molar-refractivity contribution in [2.75, 3.05) is 11.5 Å². The molecule has 0 spiro atoms.